The van der Waals surface area contributed by atoms with E-state index in [0.29, 0.717) is 35.6 Å². The topological polar surface area (TPSA) is 32.3 Å². The monoisotopic (exact) mass is 296 g/mol. The summed E-state index contributed by atoms with van der Waals surface area (Å²) in [4.78, 5) is 14.8. The molecule has 0 spiro atoms. The van der Waals surface area contributed by atoms with E-state index in [2.05, 4.69) is 51.8 Å². The molecule has 21 heavy (non-hydrogen) atoms. The highest BCUT2D eigenvalue weighted by Gasteiger charge is 2.25. The molecule has 2 atom stereocenters. The lowest BCUT2D eigenvalue weighted by Crippen LogP contribution is -2.44. The zero-order valence-corrected chi connectivity index (χ0v) is 15.0. The van der Waals surface area contributed by atoms with Gasteiger partial charge in [-0.25, -0.2) is 0 Å². The summed E-state index contributed by atoms with van der Waals surface area (Å²) in [6, 6.07) is 0.307. The van der Waals surface area contributed by atoms with E-state index in [0.717, 1.165) is 26.1 Å². The van der Waals surface area contributed by atoms with E-state index in [1.54, 1.807) is 0 Å². The molecule has 0 radical (unpaired) electrons. The van der Waals surface area contributed by atoms with Crippen LogP contribution in [0, 0.1) is 17.3 Å². The van der Waals surface area contributed by atoms with E-state index in [-0.39, 0.29) is 0 Å². The second-order valence-electron chi connectivity index (χ2n) is 8.43. The maximum absolute atomic E-state index is 12.7. The number of carbonyl (C=O) groups excluding carboxylic acids is 1. The maximum Gasteiger partial charge on any atom is 0.223 e. The Balaban J connectivity index is 2.52. The van der Waals surface area contributed by atoms with Crippen molar-refractivity contribution in [3.63, 3.8) is 0 Å². The van der Waals surface area contributed by atoms with Crippen molar-refractivity contribution < 1.29 is 4.79 Å². The minimum absolute atomic E-state index is 0.301. The van der Waals surface area contributed by atoms with Crippen LogP contribution in [0.1, 0.15) is 67.2 Å². The first-order valence-electron chi connectivity index (χ1n) is 8.69. The van der Waals surface area contributed by atoms with Gasteiger partial charge in [-0.15, -0.1) is 0 Å². The fourth-order valence-corrected chi connectivity index (χ4v) is 3.49. The van der Waals surface area contributed by atoms with Crippen LogP contribution in [0.5, 0.6) is 0 Å². The van der Waals surface area contributed by atoms with Crippen molar-refractivity contribution in [3.8, 4) is 0 Å². The molecule has 1 amide bonds. The molecule has 1 rings (SSSR count). The lowest BCUT2D eigenvalue weighted by molar-refractivity contribution is -0.134. The highest BCUT2D eigenvalue weighted by molar-refractivity contribution is 5.76. The first-order chi connectivity index (χ1) is 9.69. The predicted octanol–water partition coefficient (Wildman–Crippen LogP) is 3.69. The third-order valence-electron chi connectivity index (χ3n) is 4.28. The van der Waals surface area contributed by atoms with E-state index in [1.807, 2.05) is 0 Å². The Labute approximate surface area is 131 Å². The Hall–Kier alpha value is -0.570. The van der Waals surface area contributed by atoms with Gasteiger partial charge in [0, 0.05) is 19.0 Å². The molecule has 2 unspecified atom stereocenters. The Bertz CT molecular complexity index is 314. The summed E-state index contributed by atoms with van der Waals surface area (Å²) in [6.45, 7) is 16.4. The van der Waals surface area contributed by atoms with Gasteiger partial charge in [0.25, 0.3) is 0 Å². The third kappa shape index (κ3) is 7.30. The summed E-state index contributed by atoms with van der Waals surface area (Å²) < 4.78 is 0. The number of hydrogen-bond donors (Lipinski definition) is 1. The molecule has 1 fully saturated rings. The number of nitrogens with one attached hydrogen (secondary N) is 1. The fraction of sp³-hybridized carbons (Fsp3) is 0.944. The average Bonchev–Trinajstić information content (AvgIpc) is 2.34. The van der Waals surface area contributed by atoms with E-state index in [1.165, 1.54) is 12.8 Å². The number of hydrogen-bond acceptors (Lipinski definition) is 2. The Kier molecular flexibility index (Phi) is 7.19. The van der Waals surface area contributed by atoms with Gasteiger partial charge in [-0.2, -0.15) is 0 Å². The van der Waals surface area contributed by atoms with Gasteiger partial charge in [-0.1, -0.05) is 27.7 Å². The first-order valence-corrected chi connectivity index (χ1v) is 8.69. The number of rotatable bonds is 6. The van der Waals surface area contributed by atoms with Gasteiger partial charge in [-0.05, 0) is 63.5 Å². The zero-order chi connectivity index (χ0) is 16.0. The minimum Gasteiger partial charge on any atom is -0.340 e. The van der Waals surface area contributed by atoms with Gasteiger partial charge >= 0.3 is 0 Å². The summed E-state index contributed by atoms with van der Waals surface area (Å²) in [5, 5.41) is 3.45. The van der Waals surface area contributed by atoms with Crippen molar-refractivity contribution in [1.82, 2.24) is 10.2 Å². The largest absolute Gasteiger partial charge is 0.340 e. The van der Waals surface area contributed by atoms with Crippen molar-refractivity contribution >= 4 is 5.91 Å². The van der Waals surface area contributed by atoms with Crippen molar-refractivity contribution in [2.24, 2.45) is 17.3 Å². The molecular weight excluding hydrogens is 260 g/mol. The molecule has 3 heteroatoms. The SMILES string of the molecule is CC(CC(=O)N(CC1CCCNC1)C(C)C)CC(C)(C)C. The van der Waals surface area contributed by atoms with Crippen LogP contribution in [0.15, 0.2) is 0 Å². The summed E-state index contributed by atoms with van der Waals surface area (Å²) in [7, 11) is 0. The molecule has 3 nitrogen and oxygen atoms in total. The quantitative estimate of drug-likeness (QED) is 0.811. The van der Waals surface area contributed by atoms with Crippen LogP contribution in [0.3, 0.4) is 0 Å². The molecule has 1 N–H and O–H groups in total. The van der Waals surface area contributed by atoms with E-state index >= 15 is 0 Å². The fourth-order valence-electron chi connectivity index (χ4n) is 3.49. The molecule has 0 bridgehead atoms. The van der Waals surface area contributed by atoms with Gasteiger partial charge in [-0.3, -0.25) is 4.79 Å². The molecule has 0 aromatic rings. The molecule has 1 heterocycles. The van der Waals surface area contributed by atoms with Gasteiger partial charge in [0.15, 0.2) is 0 Å². The summed E-state index contributed by atoms with van der Waals surface area (Å²) in [5.41, 5.74) is 0.301. The van der Waals surface area contributed by atoms with Crippen LogP contribution in [0.2, 0.25) is 0 Å². The Morgan fingerprint density at radius 1 is 1.29 bits per heavy atom. The molecule has 0 saturated carbocycles. The Morgan fingerprint density at radius 3 is 2.43 bits per heavy atom. The number of carbonyl (C=O) groups is 1. The van der Waals surface area contributed by atoms with Crippen molar-refractivity contribution in [2.75, 3.05) is 19.6 Å². The molecule has 0 aromatic carbocycles. The normalized spacial score (nSPS) is 21.4. The average molecular weight is 296 g/mol. The summed E-state index contributed by atoms with van der Waals surface area (Å²) >= 11 is 0. The lowest BCUT2D eigenvalue weighted by Gasteiger charge is -2.34. The zero-order valence-electron chi connectivity index (χ0n) is 15.0. The van der Waals surface area contributed by atoms with Gasteiger partial charge in [0.2, 0.25) is 5.91 Å². The van der Waals surface area contributed by atoms with Gasteiger partial charge in [0.1, 0.15) is 0 Å². The minimum atomic E-state index is 0.301. The Morgan fingerprint density at radius 2 is 1.95 bits per heavy atom. The second-order valence-corrected chi connectivity index (χ2v) is 8.43. The van der Waals surface area contributed by atoms with Gasteiger partial charge < -0.3 is 10.2 Å². The number of amides is 1. The third-order valence-corrected chi connectivity index (χ3v) is 4.28. The van der Waals surface area contributed by atoms with Crippen molar-refractivity contribution in [2.45, 2.75) is 73.3 Å². The van der Waals surface area contributed by atoms with Crippen LogP contribution < -0.4 is 5.32 Å². The van der Waals surface area contributed by atoms with Crippen LogP contribution >= 0.6 is 0 Å². The van der Waals surface area contributed by atoms with Crippen molar-refractivity contribution in [3.05, 3.63) is 0 Å². The van der Waals surface area contributed by atoms with Crippen LogP contribution in [-0.2, 0) is 4.79 Å². The van der Waals surface area contributed by atoms with E-state index in [9.17, 15) is 4.79 Å². The molecule has 0 aromatic heterocycles. The molecule has 0 aliphatic carbocycles. The molecule has 1 aliphatic heterocycles. The van der Waals surface area contributed by atoms with Crippen LogP contribution in [0.25, 0.3) is 0 Å². The highest BCUT2D eigenvalue weighted by atomic mass is 16.2. The first kappa shape index (κ1) is 18.5. The molecular formula is C18H36N2O. The lowest BCUT2D eigenvalue weighted by atomic mass is 9.84. The smallest absolute Gasteiger partial charge is 0.223 e. The van der Waals surface area contributed by atoms with E-state index < -0.39 is 0 Å². The summed E-state index contributed by atoms with van der Waals surface area (Å²) in [5.74, 6) is 1.43. The van der Waals surface area contributed by atoms with Gasteiger partial charge in [0.05, 0.1) is 0 Å². The van der Waals surface area contributed by atoms with Crippen LogP contribution in [-0.4, -0.2) is 36.5 Å². The maximum atomic E-state index is 12.7. The van der Waals surface area contributed by atoms with Crippen LogP contribution in [0.4, 0.5) is 0 Å². The molecule has 124 valence electrons. The number of piperidine rings is 1. The number of nitrogens with zero attached hydrogens (tertiary/aromatic N) is 1. The second kappa shape index (κ2) is 8.17. The summed E-state index contributed by atoms with van der Waals surface area (Å²) in [6.07, 6.45) is 4.29. The van der Waals surface area contributed by atoms with E-state index in [4.69, 9.17) is 0 Å². The van der Waals surface area contributed by atoms with Crippen molar-refractivity contribution in [1.29, 1.82) is 0 Å². The highest BCUT2D eigenvalue weighted by Crippen LogP contribution is 2.27. The predicted molar refractivity (Wildman–Crippen MR) is 90.3 cm³/mol. The standard InChI is InChI=1S/C18H36N2O/c1-14(2)20(13-16-8-7-9-19-12-16)17(21)10-15(3)11-18(4,5)6/h14-16,19H,7-13H2,1-6H3. The molecule has 1 aliphatic rings. The molecule has 1 saturated heterocycles.